The number of hydrogen-bond acceptors (Lipinski definition) is 2. The fourth-order valence-electron chi connectivity index (χ4n) is 3.77. The number of rotatable bonds is 6. The van der Waals surface area contributed by atoms with Crippen LogP contribution in [0.5, 0.6) is 5.75 Å². The van der Waals surface area contributed by atoms with Gasteiger partial charge in [0.2, 0.25) is 0 Å². The molecule has 0 spiro atoms. The number of amides is 1. The zero-order chi connectivity index (χ0) is 20.3. The Balaban J connectivity index is 1.63. The van der Waals surface area contributed by atoms with E-state index in [-0.39, 0.29) is 17.4 Å². The Labute approximate surface area is 169 Å². The summed E-state index contributed by atoms with van der Waals surface area (Å²) in [5.41, 5.74) is 5.41. The molecule has 2 atom stereocenters. The summed E-state index contributed by atoms with van der Waals surface area (Å²) >= 11 is 0. The molecule has 0 bridgehead atoms. The lowest BCUT2D eigenvalue weighted by Crippen LogP contribution is -2.39. The third kappa shape index (κ3) is 4.76. The number of ether oxygens (including phenoxy) is 1. The van der Waals surface area contributed by atoms with Gasteiger partial charge in [-0.25, -0.2) is 0 Å². The van der Waals surface area contributed by atoms with Gasteiger partial charge < -0.3 is 10.1 Å². The summed E-state index contributed by atoms with van der Waals surface area (Å²) in [7, 11) is 0. The van der Waals surface area contributed by atoms with Crippen molar-refractivity contribution in [2.75, 3.05) is 0 Å². The first-order chi connectivity index (χ1) is 13.3. The predicted molar refractivity (Wildman–Crippen MR) is 115 cm³/mol. The van der Waals surface area contributed by atoms with E-state index in [4.69, 9.17) is 4.74 Å². The minimum Gasteiger partial charge on any atom is -0.481 e. The standard InChI is InChI=1S/C25H33NO2/c1-6-23(28-22-14-12-21(13-15-22)25(3,4)5)24(27)26-17(2)19-11-10-18-8-7-9-20(18)16-19/h10-17,23H,6-9H2,1-5H3,(H,26,27)/t17-,23-/m1/s1. The third-order valence-corrected chi connectivity index (χ3v) is 5.64. The Morgan fingerprint density at radius 2 is 1.75 bits per heavy atom. The lowest BCUT2D eigenvalue weighted by molar-refractivity contribution is -0.128. The molecule has 1 aliphatic rings. The van der Waals surface area contributed by atoms with Crippen molar-refractivity contribution in [3.05, 3.63) is 64.7 Å². The molecule has 150 valence electrons. The number of hydrogen-bond donors (Lipinski definition) is 1. The number of carbonyl (C=O) groups excluding carboxylic acids is 1. The van der Waals surface area contributed by atoms with Crippen LogP contribution in [-0.4, -0.2) is 12.0 Å². The first-order valence-electron chi connectivity index (χ1n) is 10.5. The summed E-state index contributed by atoms with van der Waals surface area (Å²) in [5.74, 6) is 0.676. The summed E-state index contributed by atoms with van der Waals surface area (Å²) in [6.07, 6.45) is 3.70. The summed E-state index contributed by atoms with van der Waals surface area (Å²) in [4.78, 5) is 12.8. The molecular formula is C25H33NO2. The lowest BCUT2D eigenvalue weighted by Gasteiger charge is -2.22. The van der Waals surface area contributed by atoms with Crippen LogP contribution in [0.25, 0.3) is 0 Å². The van der Waals surface area contributed by atoms with Crippen LogP contribution in [0.4, 0.5) is 0 Å². The fraction of sp³-hybridized carbons (Fsp3) is 0.480. The van der Waals surface area contributed by atoms with Crippen LogP contribution >= 0.6 is 0 Å². The number of fused-ring (bicyclic) bond motifs is 1. The first-order valence-corrected chi connectivity index (χ1v) is 10.5. The Bertz CT molecular complexity index is 817. The largest absolute Gasteiger partial charge is 0.481 e. The summed E-state index contributed by atoms with van der Waals surface area (Å²) in [5, 5.41) is 3.13. The molecule has 0 unspecified atom stereocenters. The molecule has 1 amide bonds. The average Bonchev–Trinajstić information content (AvgIpc) is 3.13. The summed E-state index contributed by atoms with van der Waals surface area (Å²) < 4.78 is 5.99. The van der Waals surface area contributed by atoms with Crippen LogP contribution in [0, 0.1) is 0 Å². The van der Waals surface area contributed by atoms with Crippen LogP contribution < -0.4 is 10.1 Å². The molecule has 0 saturated carbocycles. The molecule has 3 rings (SSSR count). The van der Waals surface area contributed by atoms with Crippen molar-refractivity contribution in [2.24, 2.45) is 0 Å². The molecular weight excluding hydrogens is 346 g/mol. The second-order valence-electron chi connectivity index (χ2n) is 8.90. The van der Waals surface area contributed by atoms with Crippen molar-refractivity contribution in [2.45, 2.75) is 77.9 Å². The molecule has 1 N–H and O–H groups in total. The van der Waals surface area contributed by atoms with E-state index < -0.39 is 6.10 Å². The van der Waals surface area contributed by atoms with Gasteiger partial charge in [-0.2, -0.15) is 0 Å². The molecule has 2 aromatic carbocycles. The topological polar surface area (TPSA) is 38.3 Å². The van der Waals surface area contributed by atoms with E-state index >= 15 is 0 Å². The SMILES string of the molecule is CC[C@@H](Oc1ccc(C(C)(C)C)cc1)C(=O)N[C@H](C)c1ccc2c(c1)CCC2. The third-order valence-electron chi connectivity index (χ3n) is 5.64. The minimum atomic E-state index is -0.489. The van der Waals surface area contributed by atoms with Gasteiger partial charge in [0.25, 0.3) is 5.91 Å². The number of benzene rings is 2. The maximum atomic E-state index is 12.8. The maximum absolute atomic E-state index is 12.8. The van der Waals surface area contributed by atoms with E-state index in [9.17, 15) is 4.79 Å². The minimum absolute atomic E-state index is 0.0284. The molecule has 0 aliphatic heterocycles. The Morgan fingerprint density at radius 3 is 2.39 bits per heavy atom. The highest BCUT2D eigenvalue weighted by molar-refractivity contribution is 5.81. The smallest absolute Gasteiger partial charge is 0.261 e. The molecule has 0 aromatic heterocycles. The maximum Gasteiger partial charge on any atom is 0.261 e. The van der Waals surface area contributed by atoms with Crippen molar-refractivity contribution in [3.8, 4) is 5.75 Å². The van der Waals surface area contributed by atoms with Gasteiger partial charge in [-0.1, -0.05) is 58.0 Å². The predicted octanol–water partition coefficient (Wildman–Crippen LogP) is 5.51. The molecule has 2 aromatic rings. The van der Waals surface area contributed by atoms with Crippen LogP contribution in [0.1, 0.15) is 75.8 Å². The van der Waals surface area contributed by atoms with Crippen LogP contribution in [0.3, 0.4) is 0 Å². The highest BCUT2D eigenvalue weighted by Gasteiger charge is 2.22. The van der Waals surface area contributed by atoms with E-state index in [0.29, 0.717) is 6.42 Å². The molecule has 3 heteroatoms. The van der Waals surface area contributed by atoms with Gasteiger partial charge in [0, 0.05) is 0 Å². The zero-order valence-corrected chi connectivity index (χ0v) is 17.8. The zero-order valence-electron chi connectivity index (χ0n) is 17.8. The van der Waals surface area contributed by atoms with E-state index in [2.05, 4.69) is 56.4 Å². The monoisotopic (exact) mass is 379 g/mol. The Hall–Kier alpha value is -2.29. The van der Waals surface area contributed by atoms with Crippen molar-refractivity contribution in [1.82, 2.24) is 5.32 Å². The van der Waals surface area contributed by atoms with Gasteiger partial charge in [0.15, 0.2) is 6.10 Å². The second-order valence-corrected chi connectivity index (χ2v) is 8.90. The molecule has 28 heavy (non-hydrogen) atoms. The van der Waals surface area contributed by atoms with Crippen LogP contribution in [-0.2, 0) is 23.1 Å². The van der Waals surface area contributed by atoms with Gasteiger partial charge >= 0.3 is 0 Å². The van der Waals surface area contributed by atoms with Gasteiger partial charge in [-0.3, -0.25) is 4.79 Å². The van der Waals surface area contributed by atoms with Gasteiger partial charge in [-0.15, -0.1) is 0 Å². The number of nitrogens with one attached hydrogen (secondary N) is 1. The molecule has 0 fully saturated rings. The fourth-order valence-corrected chi connectivity index (χ4v) is 3.77. The lowest BCUT2D eigenvalue weighted by atomic mass is 9.87. The number of carbonyl (C=O) groups is 1. The summed E-state index contributed by atoms with van der Waals surface area (Å²) in [6, 6.07) is 14.6. The molecule has 0 heterocycles. The highest BCUT2D eigenvalue weighted by atomic mass is 16.5. The van der Waals surface area contributed by atoms with Crippen molar-refractivity contribution in [1.29, 1.82) is 0 Å². The van der Waals surface area contributed by atoms with Crippen LogP contribution in [0.15, 0.2) is 42.5 Å². The van der Waals surface area contributed by atoms with E-state index in [0.717, 1.165) is 12.2 Å². The first kappa shape index (κ1) is 20.4. The molecule has 0 saturated heterocycles. The van der Waals surface area contributed by atoms with Gasteiger partial charge in [0.05, 0.1) is 6.04 Å². The molecule has 1 aliphatic carbocycles. The normalized spacial score (nSPS) is 15.6. The second kappa shape index (κ2) is 8.38. The summed E-state index contributed by atoms with van der Waals surface area (Å²) in [6.45, 7) is 10.6. The highest BCUT2D eigenvalue weighted by Crippen LogP contribution is 2.26. The van der Waals surface area contributed by atoms with Crippen LogP contribution in [0.2, 0.25) is 0 Å². The van der Waals surface area contributed by atoms with Crippen molar-refractivity contribution < 1.29 is 9.53 Å². The van der Waals surface area contributed by atoms with Gasteiger partial charge in [-0.05, 0) is 72.4 Å². The quantitative estimate of drug-likeness (QED) is 0.719. The average molecular weight is 380 g/mol. The van der Waals surface area contributed by atoms with E-state index in [1.807, 2.05) is 26.0 Å². The Kier molecular flexibility index (Phi) is 6.12. The Morgan fingerprint density at radius 1 is 1.07 bits per heavy atom. The van der Waals surface area contributed by atoms with E-state index in [1.54, 1.807) is 0 Å². The van der Waals surface area contributed by atoms with Crippen molar-refractivity contribution >= 4 is 5.91 Å². The van der Waals surface area contributed by atoms with E-state index in [1.165, 1.54) is 35.1 Å². The van der Waals surface area contributed by atoms with Gasteiger partial charge in [0.1, 0.15) is 5.75 Å². The molecule has 3 nitrogen and oxygen atoms in total. The van der Waals surface area contributed by atoms with Crippen molar-refractivity contribution in [3.63, 3.8) is 0 Å². The number of aryl methyl sites for hydroxylation is 2. The molecule has 0 radical (unpaired) electrons.